The van der Waals surface area contributed by atoms with Gasteiger partial charge in [0.15, 0.2) is 34.1 Å². The molecule has 2 saturated heterocycles. The molecule has 2 aliphatic heterocycles. The van der Waals surface area contributed by atoms with Crippen LogP contribution < -0.4 is 10.9 Å². The minimum Gasteiger partial charge on any atom is -0.383 e. The molecule has 2 fully saturated rings. The smallest absolute Gasteiger partial charge is 0.383 e. The summed E-state index contributed by atoms with van der Waals surface area (Å²) in [5, 5.41) is -4.44. The SMILES string of the molecule is [2H]c1c(C)c([2H])c2c(=O)c([2H])c(SC([2H])([2H])c3cccc(F)c3F)n(C([2H])([2H])C(=O)N(Cc3ccc(-c4ccc(C(F)(F)F)cc4)cc3)C3([2H])C([2H])([2H])C([2H])([2H])N(C([2H])([2H])C([2H])([2H])OC)C([2H])([2H])C3([2H])[2H])c2c1[2H].[2H]c1c(C)c([2H])c2c(=O)c([2H])c(SCc3cccc(F)c3F)n(C([2H])([2H])C(=O)N(Cc3ccc(-c4ccc(C(F)(F)F)cc4)cc3)C3([2H])C([2H])([2H])C([2H])([2H])N(C([2H])([2H])C([2H])([2H])OC)C([2H])([2H])C3([2H])[2H])c2c1[2H]. The number of benzene rings is 8. The summed E-state index contributed by atoms with van der Waals surface area (Å²) in [6, 6.07) is 3.48. The van der Waals surface area contributed by atoms with Gasteiger partial charge in [-0.1, -0.05) is 120 Å². The predicted octanol–water partition coefficient (Wildman–Crippen LogP) is 17.4. The number of likely N-dealkylation sites (tertiary alicyclic amines) is 2. The first-order chi connectivity index (χ1) is 66.2. The molecule has 10 aromatic rings. The van der Waals surface area contributed by atoms with Crippen molar-refractivity contribution in [3.05, 3.63) is 270 Å². The lowest BCUT2D eigenvalue weighted by Crippen LogP contribution is -2.48. The van der Waals surface area contributed by atoms with Crippen LogP contribution in [-0.4, -0.2) is 119 Å². The fraction of sp³-hybridized carbons (Fsp3) is 0.317. The number of methoxy groups -OCH3 is 2. The highest BCUT2D eigenvalue weighted by Gasteiger charge is 2.34. The molecule has 556 valence electrons. The zero-order valence-corrected chi connectivity index (χ0v) is 56.7. The van der Waals surface area contributed by atoms with Crippen molar-refractivity contribution in [1.29, 1.82) is 0 Å². The number of alkyl halides is 6. The summed E-state index contributed by atoms with van der Waals surface area (Å²) < 4.78 is 507. The number of thioether (sulfide) groups is 2. The zero-order valence-electron chi connectivity index (χ0n) is 95.1. The maximum Gasteiger partial charge on any atom is 0.416 e. The first-order valence-corrected chi connectivity index (χ1v) is 32.4. The number of pyridine rings is 2. The van der Waals surface area contributed by atoms with Crippen molar-refractivity contribution in [2.75, 3.05) is 66.3 Å². The van der Waals surface area contributed by atoms with Crippen LogP contribution in [-0.2, 0) is 69.0 Å². The summed E-state index contributed by atoms with van der Waals surface area (Å²) in [7, 11) is 1.11. The largest absolute Gasteiger partial charge is 0.416 e. The minimum absolute atomic E-state index is 0.0908. The lowest BCUT2D eigenvalue weighted by atomic mass is 10.00. The van der Waals surface area contributed by atoms with Crippen molar-refractivity contribution in [3.8, 4) is 22.3 Å². The van der Waals surface area contributed by atoms with Crippen LogP contribution in [0.3, 0.4) is 0 Å². The third kappa shape index (κ3) is 19.6. The van der Waals surface area contributed by atoms with E-state index in [0.29, 0.717) is 26.4 Å². The molecule has 106 heavy (non-hydrogen) atoms. The maximum absolute atomic E-state index is 15.7. The Balaban J connectivity index is 0.000000278. The Morgan fingerprint density at radius 1 is 0.528 bits per heavy atom. The maximum atomic E-state index is 15.7. The number of carbonyl (C=O) groups excluding carboxylic acids is 2. The van der Waals surface area contributed by atoms with E-state index in [2.05, 4.69) is 9.47 Å². The highest BCUT2D eigenvalue weighted by Crippen LogP contribution is 2.36. The van der Waals surface area contributed by atoms with E-state index < -0.39 is 326 Å². The first kappa shape index (κ1) is 41.3. The van der Waals surface area contributed by atoms with E-state index in [9.17, 15) is 63.9 Å². The van der Waals surface area contributed by atoms with Crippen LogP contribution in [0.15, 0.2) is 201 Å². The highest BCUT2D eigenvalue weighted by atomic mass is 32.2. The molecule has 0 N–H and O–H groups in total. The molecular formula is C82H80F10N6O6S2. The number of carbonyl (C=O) groups is 2. The fourth-order valence-electron chi connectivity index (χ4n) is 9.77. The second kappa shape index (κ2) is 35.1. The summed E-state index contributed by atoms with van der Waals surface area (Å²) in [6.07, 6.45) is -27.8. The van der Waals surface area contributed by atoms with Gasteiger partial charge in [0.25, 0.3) is 0 Å². The highest BCUT2D eigenvalue weighted by molar-refractivity contribution is 7.98. The molecule has 12 rings (SSSR count). The normalized spacial score (nSPS) is 25.0. The molecule has 8 aromatic carbocycles. The lowest BCUT2D eigenvalue weighted by Gasteiger charge is -2.39. The Morgan fingerprint density at radius 3 is 1.28 bits per heavy atom. The molecule has 0 saturated carbocycles. The minimum atomic E-state index is -4.73. The standard InChI is InChI=1S/2C41H40F5N3O3S/c2*1-27-6-15-36-34(22-27)37(50)23-39(53-26-31-4-3-5-35(42)40(31)43)49(36)25-38(51)48(33-16-18-47(19-17-33)20-21-52-2)24-28-7-9-29(10-8-28)30-11-13-32(14-12-30)41(44,45)46/h2*3-15,22-23,33H,16-21,24-26H2,1-2H3/i6D,15D,16D2,17D2,18D2,19D2,20D2,21D2,22D,23D,25D2,26D2,33D;6D,15D,16D2,17D2,18D2,19D2,20D2,21D2,22D,23D,25D2,33D. The van der Waals surface area contributed by atoms with Crippen molar-refractivity contribution in [2.24, 2.45) is 0 Å². The molecule has 0 unspecified atom stereocenters. The number of halogens is 10. The lowest BCUT2D eigenvalue weighted by molar-refractivity contribution is -0.138. The Bertz CT molecular complexity index is 6920. The van der Waals surface area contributed by atoms with E-state index in [1.807, 2.05) is 0 Å². The molecule has 0 radical (unpaired) electrons. The van der Waals surface area contributed by atoms with Gasteiger partial charge in [-0.15, -0.1) is 23.5 Å². The molecule has 2 amide bonds. The van der Waals surface area contributed by atoms with Crippen molar-refractivity contribution in [2.45, 2.75) is 111 Å². The fourth-order valence-corrected chi connectivity index (χ4v) is 11.5. The van der Waals surface area contributed by atoms with E-state index in [0.717, 1.165) is 111 Å². The van der Waals surface area contributed by atoms with E-state index in [-0.39, 0.29) is 59.2 Å². The summed E-state index contributed by atoms with van der Waals surface area (Å²) in [4.78, 5) is 57.0. The monoisotopic (exact) mass is 1540 g/mol. The average molecular weight is 1540 g/mol. The number of hydrogen-bond acceptors (Lipinski definition) is 10. The van der Waals surface area contributed by atoms with Crippen LogP contribution in [0.4, 0.5) is 43.9 Å². The molecule has 0 aliphatic carbocycles. The Labute approximate surface area is 672 Å². The molecule has 0 atom stereocenters. The van der Waals surface area contributed by atoms with Crippen LogP contribution in [0, 0.1) is 37.1 Å². The number of rotatable bonds is 24. The van der Waals surface area contributed by atoms with Crippen LogP contribution in [0.25, 0.3) is 44.1 Å². The molecule has 24 heteroatoms. The van der Waals surface area contributed by atoms with Gasteiger partial charge in [0.2, 0.25) is 11.8 Å². The Morgan fingerprint density at radius 2 is 0.896 bits per heavy atom. The quantitative estimate of drug-likeness (QED) is 0.0428. The number of piperidine rings is 2. The molecule has 2 aliphatic rings. The van der Waals surface area contributed by atoms with Gasteiger partial charge in [0.1, 0.15) is 13.0 Å². The van der Waals surface area contributed by atoms with Gasteiger partial charge in [-0.3, -0.25) is 19.2 Å². The number of hydrogen-bond donors (Lipinski definition) is 0. The molecule has 12 nitrogen and oxygen atoms in total. The molecule has 4 heterocycles. The molecular weight excluding hydrogens is 1420 g/mol. The third-order valence-electron chi connectivity index (χ3n) is 15.0. The second-order valence-electron chi connectivity index (χ2n) is 22.1. The Hall–Kier alpha value is -9.04. The van der Waals surface area contributed by atoms with Crippen LogP contribution in [0.1, 0.15) is 125 Å². The second-order valence-corrected chi connectivity index (χ2v) is 23.9. The number of nitrogens with zero attached hydrogens (tertiary/aromatic N) is 6. The molecule has 2 aromatic heterocycles. The van der Waals surface area contributed by atoms with Gasteiger partial charge in [-0.25, -0.2) is 17.6 Å². The summed E-state index contributed by atoms with van der Waals surface area (Å²) >= 11 is -0.271. The predicted molar refractivity (Wildman–Crippen MR) is 395 cm³/mol. The van der Waals surface area contributed by atoms with E-state index >= 15 is 18.4 Å². The van der Waals surface area contributed by atoms with Crippen molar-refractivity contribution in [1.82, 2.24) is 28.7 Å². The van der Waals surface area contributed by atoms with Gasteiger partial charge in [0, 0.05) is 154 Å². The van der Waals surface area contributed by atoms with Gasteiger partial charge < -0.3 is 38.2 Å². The van der Waals surface area contributed by atoms with Crippen molar-refractivity contribution in [3.63, 3.8) is 0 Å². The number of aromatic nitrogens is 2. The summed E-state index contributed by atoms with van der Waals surface area (Å²) in [5.74, 6) is -11.9. The molecule has 0 bridgehead atoms. The van der Waals surface area contributed by atoms with Crippen molar-refractivity contribution >= 4 is 57.1 Å². The van der Waals surface area contributed by atoms with Gasteiger partial charge in [-0.05, 0) is 133 Å². The third-order valence-corrected chi connectivity index (χ3v) is 16.8. The van der Waals surface area contributed by atoms with Crippen LogP contribution >= 0.6 is 23.5 Å². The van der Waals surface area contributed by atoms with Gasteiger partial charge in [0.05, 0.1) is 70.0 Å². The van der Waals surface area contributed by atoms with E-state index in [1.54, 1.807) is 0 Å². The van der Waals surface area contributed by atoms with E-state index in [4.69, 9.17) is 35.6 Å². The van der Waals surface area contributed by atoms with Crippen LogP contribution in [0.5, 0.6) is 0 Å². The molecule has 0 spiro atoms. The van der Waals surface area contributed by atoms with Gasteiger partial charge >= 0.3 is 12.4 Å². The van der Waals surface area contributed by atoms with Crippen molar-refractivity contribution < 1.29 is 118 Å². The van der Waals surface area contributed by atoms with Gasteiger partial charge in [-0.2, -0.15) is 26.3 Å². The van der Waals surface area contributed by atoms with Crippen LogP contribution in [0.2, 0.25) is 0 Å². The van der Waals surface area contributed by atoms with E-state index in [1.165, 1.54) is 24.3 Å². The first-order valence-electron chi connectivity index (χ1n) is 50.6. The number of fused-ring (bicyclic) bond motifs is 2. The number of amides is 2. The summed E-state index contributed by atoms with van der Waals surface area (Å²) in [6.45, 7) is -43.3. The summed E-state index contributed by atoms with van der Waals surface area (Å²) in [5.41, 5.74) is -13.3. The number of ether oxygens (including phenoxy) is 2. The Kier molecular flexibility index (Phi) is 13.7. The zero-order chi connectivity index (χ0) is 111. The topological polar surface area (TPSA) is 110 Å². The average Bonchev–Trinajstić information content (AvgIpc) is 0.656.